The zero-order chi connectivity index (χ0) is 15.2. The Morgan fingerprint density at radius 2 is 2.00 bits per heavy atom. The van der Waals surface area contributed by atoms with Gasteiger partial charge >= 0.3 is 0 Å². The SMILES string of the molecule is Cc1ccccc1OCC(=O)NC(C)c1cccc(Cl)c1. The van der Waals surface area contributed by atoms with Crippen LogP contribution in [-0.2, 0) is 4.79 Å². The Balaban J connectivity index is 1.89. The van der Waals surface area contributed by atoms with E-state index < -0.39 is 0 Å². The van der Waals surface area contributed by atoms with Gasteiger partial charge in [0.05, 0.1) is 6.04 Å². The van der Waals surface area contributed by atoms with Crippen molar-refractivity contribution in [3.63, 3.8) is 0 Å². The molecule has 1 N–H and O–H groups in total. The van der Waals surface area contributed by atoms with Crippen LogP contribution in [0.3, 0.4) is 0 Å². The van der Waals surface area contributed by atoms with Crippen molar-refractivity contribution in [1.82, 2.24) is 5.32 Å². The molecule has 0 aliphatic carbocycles. The highest BCUT2D eigenvalue weighted by atomic mass is 35.5. The van der Waals surface area contributed by atoms with Gasteiger partial charge in [-0.1, -0.05) is 41.9 Å². The highest BCUT2D eigenvalue weighted by Gasteiger charge is 2.10. The number of aryl methyl sites for hydroxylation is 1. The predicted octanol–water partition coefficient (Wildman–Crippen LogP) is 3.90. The fourth-order valence-corrected chi connectivity index (χ4v) is 2.20. The van der Waals surface area contributed by atoms with Gasteiger partial charge in [0.25, 0.3) is 5.91 Å². The van der Waals surface area contributed by atoms with Gasteiger partial charge in [0, 0.05) is 5.02 Å². The number of hydrogen-bond donors (Lipinski definition) is 1. The minimum atomic E-state index is -0.161. The van der Waals surface area contributed by atoms with E-state index in [1.54, 1.807) is 6.07 Å². The first-order valence-electron chi connectivity index (χ1n) is 6.79. The fourth-order valence-electron chi connectivity index (χ4n) is 2.00. The van der Waals surface area contributed by atoms with Crippen LogP contribution in [0.5, 0.6) is 5.75 Å². The van der Waals surface area contributed by atoms with Crippen molar-refractivity contribution in [2.75, 3.05) is 6.61 Å². The molecule has 0 bridgehead atoms. The van der Waals surface area contributed by atoms with E-state index in [4.69, 9.17) is 16.3 Å². The van der Waals surface area contributed by atoms with Crippen LogP contribution in [0, 0.1) is 6.92 Å². The Morgan fingerprint density at radius 1 is 1.24 bits per heavy atom. The first-order chi connectivity index (χ1) is 10.1. The van der Waals surface area contributed by atoms with Crippen LogP contribution in [0.15, 0.2) is 48.5 Å². The van der Waals surface area contributed by atoms with E-state index in [0.29, 0.717) is 5.02 Å². The highest BCUT2D eigenvalue weighted by molar-refractivity contribution is 6.30. The summed E-state index contributed by atoms with van der Waals surface area (Å²) in [6.07, 6.45) is 0. The maximum Gasteiger partial charge on any atom is 0.258 e. The van der Waals surface area contributed by atoms with E-state index in [-0.39, 0.29) is 18.6 Å². The molecule has 0 aliphatic heterocycles. The Morgan fingerprint density at radius 3 is 2.71 bits per heavy atom. The summed E-state index contributed by atoms with van der Waals surface area (Å²) in [4.78, 5) is 11.9. The summed E-state index contributed by atoms with van der Waals surface area (Å²) in [5.41, 5.74) is 1.97. The third-order valence-electron chi connectivity index (χ3n) is 3.18. The second-order valence-corrected chi connectivity index (χ2v) is 5.33. The third-order valence-corrected chi connectivity index (χ3v) is 3.41. The molecule has 0 spiro atoms. The predicted molar refractivity (Wildman–Crippen MR) is 84.7 cm³/mol. The molecule has 0 radical (unpaired) electrons. The summed E-state index contributed by atoms with van der Waals surface area (Å²) in [6, 6.07) is 14.9. The molecule has 1 unspecified atom stereocenters. The van der Waals surface area contributed by atoms with E-state index in [1.165, 1.54) is 0 Å². The molecule has 0 aliphatic rings. The molecule has 21 heavy (non-hydrogen) atoms. The number of halogens is 1. The molecule has 110 valence electrons. The van der Waals surface area contributed by atoms with Crippen molar-refractivity contribution >= 4 is 17.5 Å². The molecular formula is C17H18ClNO2. The number of ether oxygens (including phenoxy) is 1. The minimum absolute atomic E-state index is 0.00421. The quantitative estimate of drug-likeness (QED) is 0.909. The number of rotatable bonds is 5. The number of hydrogen-bond acceptors (Lipinski definition) is 2. The standard InChI is InChI=1S/C17H18ClNO2/c1-12-6-3-4-9-16(12)21-11-17(20)19-13(2)14-7-5-8-15(18)10-14/h3-10,13H,11H2,1-2H3,(H,19,20). The lowest BCUT2D eigenvalue weighted by Crippen LogP contribution is -2.31. The van der Waals surface area contributed by atoms with Crippen molar-refractivity contribution in [2.45, 2.75) is 19.9 Å². The molecule has 1 amide bonds. The summed E-state index contributed by atoms with van der Waals surface area (Å²) in [6.45, 7) is 3.86. The van der Waals surface area contributed by atoms with Gasteiger partial charge in [-0.25, -0.2) is 0 Å². The van der Waals surface area contributed by atoms with Crippen LogP contribution < -0.4 is 10.1 Å². The summed E-state index contributed by atoms with van der Waals surface area (Å²) >= 11 is 5.95. The van der Waals surface area contributed by atoms with Gasteiger partial charge in [-0.15, -0.1) is 0 Å². The minimum Gasteiger partial charge on any atom is -0.484 e. The second-order valence-electron chi connectivity index (χ2n) is 4.90. The zero-order valence-electron chi connectivity index (χ0n) is 12.1. The van der Waals surface area contributed by atoms with Gasteiger partial charge < -0.3 is 10.1 Å². The summed E-state index contributed by atoms with van der Waals surface area (Å²) in [7, 11) is 0. The number of carbonyl (C=O) groups is 1. The van der Waals surface area contributed by atoms with Crippen LogP contribution >= 0.6 is 11.6 Å². The molecule has 3 nitrogen and oxygen atoms in total. The van der Waals surface area contributed by atoms with Crippen molar-refractivity contribution in [3.05, 3.63) is 64.7 Å². The fraction of sp³-hybridized carbons (Fsp3) is 0.235. The van der Waals surface area contributed by atoms with E-state index in [2.05, 4.69) is 5.32 Å². The second kappa shape index (κ2) is 7.14. The molecule has 0 fully saturated rings. The number of nitrogens with one attached hydrogen (secondary N) is 1. The molecule has 0 aromatic heterocycles. The first kappa shape index (κ1) is 15.4. The lowest BCUT2D eigenvalue weighted by Gasteiger charge is -2.15. The summed E-state index contributed by atoms with van der Waals surface area (Å²) in [5, 5.41) is 3.55. The van der Waals surface area contributed by atoms with Crippen molar-refractivity contribution in [2.24, 2.45) is 0 Å². The maximum atomic E-state index is 11.9. The highest BCUT2D eigenvalue weighted by Crippen LogP contribution is 2.18. The van der Waals surface area contributed by atoms with Gasteiger partial charge in [-0.2, -0.15) is 0 Å². The van der Waals surface area contributed by atoms with E-state index in [9.17, 15) is 4.79 Å². The van der Waals surface area contributed by atoms with Crippen LogP contribution in [0.25, 0.3) is 0 Å². The van der Waals surface area contributed by atoms with Gasteiger partial charge in [0.2, 0.25) is 0 Å². The molecule has 2 aromatic rings. The van der Waals surface area contributed by atoms with Crippen molar-refractivity contribution < 1.29 is 9.53 Å². The lowest BCUT2D eigenvalue weighted by atomic mass is 10.1. The molecule has 0 saturated carbocycles. The molecule has 1 atom stereocenters. The third kappa shape index (κ3) is 4.50. The van der Waals surface area contributed by atoms with Crippen molar-refractivity contribution in [1.29, 1.82) is 0 Å². The average Bonchev–Trinajstić information content (AvgIpc) is 2.46. The molecule has 0 heterocycles. The first-order valence-corrected chi connectivity index (χ1v) is 7.17. The number of para-hydroxylation sites is 1. The maximum absolute atomic E-state index is 11.9. The normalized spacial score (nSPS) is 11.8. The summed E-state index contributed by atoms with van der Waals surface area (Å²) in [5.74, 6) is 0.564. The molecule has 2 rings (SSSR count). The number of amides is 1. The molecule has 0 saturated heterocycles. The largest absolute Gasteiger partial charge is 0.484 e. The monoisotopic (exact) mass is 303 g/mol. The van der Waals surface area contributed by atoms with Gasteiger partial charge in [-0.3, -0.25) is 4.79 Å². The smallest absolute Gasteiger partial charge is 0.258 e. The van der Waals surface area contributed by atoms with Gasteiger partial charge in [-0.05, 0) is 43.2 Å². The van der Waals surface area contributed by atoms with Gasteiger partial charge in [0.15, 0.2) is 6.61 Å². The number of benzene rings is 2. The van der Waals surface area contributed by atoms with E-state index in [0.717, 1.165) is 16.9 Å². The van der Waals surface area contributed by atoms with E-state index >= 15 is 0 Å². The van der Waals surface area contributed by atoms with Crippen LogP contribution in [0.1, 0.15) is 24.1 Å². The van der Waals surface area contributed by atoms with Crippen molar-refractivity contribution in [3.8, 4) is 5.75 Å². The Labute approximate surface area is 129 Å². The van der Waals surface area contributed by atoms with E-state index in [1.807, 2.05) is 56.3 Å². The lowest BCUT2D eigenvalue weighted by molar-refractivity contribution is -0.123. The zero-order valence-corrected chi connectivity index (χ0v) is 12.9. The van der Waals surface area contributed by atoms with Crippen LogP contribution in [0.4, 0.5) is 0 Å². The number of carbonyl (C=O) groups excluding carboxylic acids is 1. The molecular weight excluding hydrogens is 286 g/mol. The van der Waals surface area contributed by atoms with Gasteiger partial charge in [0.1, 0.15) is 5.75 Å². The topological polar surface area (TPSA) is 38.3 Å². The summed E-state index contributed by atoms with van der Waals surface area (Å²) < 4.78 is 5.52. The van der Waals surface area contributed by atoms with Crippen LogP contribution in [0.2, 0.25) is 5.02 Å². The molecule has 4 heteroatoms. The molecule has 2 aromatic carbocycles. The Bertz CT molecular complexity index is 628. The van der Waals surface area contributed by atoms with Crippen LogP contribution in [-0.4, -0.2) is 12.5 Å². The average molecular weight is 304 g/mol. The Kier molecular flexibility index (Phi) is 5.23. The Hall–Kier alpha value is -2.00.